The standard InChI is InChI=1S/C22H43N5O/c1-3-24-22(26-13-9-19-8-6-7-18(2)17-19)25-12-4-5-14-27-15-10-20(11-16-27)21(23)28/h18-20H,3-17H2,1-2H3,(H2,23,28)(H2,24,25,26). The number of likely N-dealkylation sites (tertiary alicyclic amines) is 1. The van der Waals surface area contributed by atoms with Crippen molar-refractivity contribution in [3.8, 4) is 0 Å². The number of hydrogen-bond acceptors (Lipinski definition) is 3. The molecule has 28 heavy (non-hydrogen) atoms. The van der Waals surface area contributed by atoms with E-state index in [-0.39, 0.29) is 11.8 Å². The second-order valence-electron chi connectivity index (χ2n) is 8.84. The number of nitrogens with two attached hydrogens (primary N) is 1. The highest BCUT2D eigenvalue weighted by molar-refractivity contribution is 5.79. The van der Waals surface area contributed by atoms with Crippen LogP contribution in [0.3, 0.4) is 0 Å². The smallest absolute Gasteiger partial charge is 0.220 e. The number of primary amides is 1. The number of amides is 1. The Balaban J connectivity index is 1.57. The molecule has 6 heteroatoms. The van der Waals surface area contributed by atoms with Gasteiger partial charge in [-0.2, -0.15) is 0 Å². The van der Waals surface area contributed by atoms with Crippen molar-refractivity contribution in [2.24, 2.45) is 28.5 Å². The lowest BCUT2D eigenvalue weighted by Crippen LogP contribution is -2.39. The van der Waals surface area contributed by atoms with Gasteiger partial charge in [-0.05, 0) is 76.9 Å². The van der Waals surface area contributed by atoms with Gasteiger partial charge < -0.3 is 21.3 Å². The van der Waals surface area contributed by atoms with E-state index in [4.69, 9.17) is 10.7 Å². The molecule has 1 saturated carbocycles. The van der Waals surface area contributed by atoms with Crippen LogP contribution in [0.25, 0.3) is 0 Å². The molecular formula is C22H43N5O. The molecular weight excluding hydrogens is 350 g/mol. The van der Waals surface area contributed by atoms with E-state index in [1.54, 1.807) is 0 Å². The molecule has 1 saturated heterocycles. The Bertz CT molecular complexity index is 474. The molecule has 0 spiro atoms. The number of nitrogens with zero attached hydrogens (tertiary/aromatic N) is 2. The van der Waals surface area contributed by atoms with Crippen molar-refractivity contribution >= 4 is 11.9 Å². The molecule has 0 aromatic rings. The summed E-state index contributed by atoms with van der Waals surface area (Å²) < 4.78 is 0. The first kappa shape index (κ1) is 23.0. The van der Waals surface area contributed by atoms with E-state index >= 15 is 0 Å². The van der Waals surface area contributed by atoms with E-state index in [1.807, 2.05) is 0 Å². The number of rotatable bonds is 10. The third-order valence-electron chi connectivity index (χ3n) is 6.38. The van der Waals surface area contributed by atoms with E-state index in [9.17, 15) is 4.79 Å². The topological polar surface area (TPSA) is 82.8 Å². The highest BCUT2D eigenvalue weighted by Gasteiger charge is 2.22. The van der Waals surface area contributed by atoms with Crippen molar-refractivity contribution in [3.63, 3.8) is 0 Å². The quantitative estimate of drug-likeness (QED) is 0.303. The first-order valence-corrected chi connectivity index (χ1v) is 11.6. The molecule has 4 N–H and O–H groups in total. The number of aliphatic imine (C=N–C) groups is 1. The molecule has 1 heterocycles. The van der Waals surface area contributed by atoms with Crippen molar-refractivity contribution < 1.29 is 4.79 Å². The van der Waals surface area contributed by atoms with Crippen LogP contribution in [0.5, 0.6) is 0 Å². The third-order valence-corrected chi connectivity index (χ3v) is 6.38. The van der Waals surface area contributed by atoms with Crippen molar-refractivity contribution in [2.75, 3.05) is 39.3 Å². The lowest BCUT2D eigenvalue weighted by molar-refractivity contribution is -0.123. The van der Waals surface area contributed by atoms with Crippen LogP contribution >= 0.6 is 0 Å². The summed E-state index contributed by atoms with van der Waals surface area (Å²) in [5.41, 5.74) is 5.40. The summed E-state index contributed by atoms with van der Waals surface area (Å²) in [5.74, 6) is 2.72. The van der Waals surface area contributed by atoms with E-state index in [0.29, 0.717) is 0 Å². The van der Waals surface area contributed by atoms with Gasteiger partial charge in [-0.25, -0.2) is 0 Å². The predicted molar refractivity (Wildman–Crippen MR) is 117 cm³/mol. The van der Waals surface area contributed by atoms with Crippen LogP contribution in [0.2, 0.25) is 0 Å². The minimum atomic E-state index is -0.129. The lowest BCUT2D eigenvalue weighted by atomic mass is 9.81. The summed E-state index contributed by atoms with van der Waals surface area (Å²) in [5, 5.41) is 6.89. The van der Waals surface area contributed by atoms with E-state index in [0.717, 1.165) is 82.7 Å². The molecule has 0 aromatic heterocycles. The molecule has 1 aliphatic carbocycles. The van der Waals surface area contributed by atoms with Gasteiger partial charge in [0.15, 0.2) is 5.96 Å². The molecule has 162 valence electrons. The SMILES string of the molecule is CCNC(=NCCCCN1CCC(C(N)=O)CC1)NCCC1CCCC(C)C1. The van der Waals surface area contributed by atoms with Gasteiger partial charge in [0.2, 0.25) is 5.91 Å². The zero-order chi connectivity index (χ0) is 20.2. The highest BCUT2D eigenvalue weighted by atomic mass is 16.1. The highest BCUT2D eigenvalue weighted by Crippen LogP contribution is 2.30. The van der Waals surface area contributed by atoms with Crippen molar-refractivity contribution in [1.29, 1.82) is 0 Å². The van der Waals surface area contributed by atoms with Crippen LogP contribution in [-0.4, -0.2) is 56.0 Å². The van der Waals surface area contributed by atoms with Crippen LogP contribution in [0.1, 0.15) is 71.6 Å². The number of carbonyl (C=O) groups excluding carboxylic acids is 1. The molecule has 2 fully saturated rings. The van der Waals surface area contributed by atoms with E-state index < -0.39 is 0 Å². The van der Waals surface area contributed by atoms with Crippen LogP contribution in [0, 0.1) is 17.8 Å². The van der Waals surface area contributed by atoms with Crippen LogP contribution < -0.4 is 16.4 Å². The van der Waals surface area contributed by atoms with Crippen LogP contribution in [0.4, 0.5) is 0 Å². The van der Waals surface area contributed by atoms with Crippen LogP contribution in [-0.2, 0) is 4.79 Å². The van der Waals surface area contributed by atoms with Gasteiger partial charge in [0, 0.05) is 25.6 Å². The molecule has 0 bridgehead atoms. The largest absolute Gasteiger partial charge is 0.369 e. The first-order chi connectivity index (χ1) is 13.6. The predicted octanol–water partition coefficient (Wildman–Crippen LogP) is 2.74. The van der Waals surface area contributed by atoms with Gasteiger partial charge in [0.25, 0.3) is 0 Å². The number of carbonyl (C=O) groups is 1. The maximum Gasteiger partial charge on any atom is 0.220 e. The van der Waals surface area contributed by atoms with Crippen molar-refractivity contribution in [2.45, 2.75) is 71.6 Å². The molecule has 1 amide bonds. The van der Waals surface area contributed by atoms with Crippen molar-refractivity contribution in [3.05, 3.63) is 0 Å². The van der Waals surface area contributed by atoms with Gasteiger partial charge in [0.05, 0.1) is 0 Å². The Kier molecular flexibility index (Phi) is 10.7. The number of piperidine rings is 1. The fourth-order valence-corrected chi connectivity index (χ4v) is 4.64. The maximum atomic E-state index is 11.2. The first-order valence-electron chi connectivity index (χ1n) is 11.6. The fraction of sp³-hybridized carbons (Fsp3) is 0.909. The van der Waals surface area contributed by atoms with Gasteiger partial charge in [-0.3, -0.25) is 9.79 Å². The summed E-state index contributed by atoms with van der Waals surface area (Å²) in [4.78, 5) is 18.4. The lowest BCUT2D eigenvalue weighted by Gasteiger charge is -2.30. The summed E-state index contributed by atoms with van der Waals surface area (Å²) >= 11 is 0. The molecule has 2 aliphatic rings. The molecule has 2 rings (SSSR count). The van der Waals surface area contributed by atoms with Crippen LogP contribution in [0.15, 0.2) is 4.99 Å². The number of hydrogen-bond donors (Lipinski definition) is 3. The van der Waals surface area contributed by atoms with Gasteiger partial charge in [-0.15, -0.1) is 0 Å². The summed E-state index contributed by atoms with van der Waals surface area (Å²) in [6, 6.07) is 0. The van der Waals surface area contributed by atoms with Crippen molar-refractivity contribution in [1.82, 2.24) is 15.5 Å². The average Bonchev–Trinajstić information content (AvgIpc) is 2.68. The Morgan fingerprint density at radius 1 is 1.14 bits per heavy atom. The average molecular weight is 394 g/mol. The van der Waals surface area contributed by atoms with E-state index in [1.165, 1.54) is 32.1 Å². The van der Waals surface area contributed by atoms with E-state index in [2.05, 4.69) is 29.4 Å². The second kappa shape index (κ2) is 13.0. The normalized spacial score (nSPS) is 24.9. The third kappa shape index (κ3) is 8.80. The summed E-state index contributed by atoms with van der Waals surface area (Å²) in [7, 11) is 0. The number of nitrogens with one attached hydrogen (secondary N) is 2. The Morgan fingerprint density at radius 2 is 1.93 bits per heavy atom. The Labute approximate surface area is 172 Å². The summed E-state index contributed by atoms with van der Waals surface area (Å²) in [6.45, 7) is 10.4. The Morgan fingerprint density at radius 3 is 2.61 bits per heavy atom. The number of unbranched alkanes of at least 4 members (excludes halogenated alkanes) is 1. The Hall–Kier alpha value is -1.30. The maximum absolute atomic E-state index is 11.2. The molecule has 0 aromatic carbocycles. The molecule has 2 atom stereocenters. The molecule has 6 nitrogen and oxygen atoms in total. The molecule has 1 aliphatic heterocycles. The van der Waals surface area contributed by atoms with Gasteiger partial charge >= 0.3 is 0 Å². The number of guanidine groups is 1. The minimum absolute atomic E-state index is 0.0893. The fourth-order valence-electron chi connectivity index (χ4n) is 4.64. The monoisotopic (exact) mass is 393 g/mol. The van der Waals surface area contributed by atoms with Gasteiger partial charge in [0.1, 0.15) is 0 Å². The minimum Gasteiger partial charge on any atom is -0.369 e. The second-order valence-corrected chi connectivity index (χ2v) is 8.84. The zero-order valence-electron chi connectivity index (χ0n) is 18.2. The molecule has 2 unspecified atom stereocenters. The van der Waals surface area contributed by atoms with Gasteiger partial charge in [-0.1, -0.05) is 26.2 Å². The summed E-state index contributed by atoms with van der Waals surface area (Å²) in [6.07, 6.45) is 11.0. The molecule has 0 radical (unpaired) electrons. The zero-order valence-corrected chi connectivity index (χ0v) is 18.2.